The van der Waals surface area contributed by atoms with Crippen molar-refractivity contribution in [3.05, 3.63) is 53.7 Å². The molecule has 0 bridgehead atoms. The lowest BCUT2D eigenvalue weighted by atomic mass is 9.92. The molecule has 9 heteroatoms. The quantitative estimate of drug-likeness (QED) is 0.741. The van der Waals surface area contributed by atoms with E-state index in [-0.39, 0.29) is 22.8 Å². The molecule has 4 rings (SSSR count). The van der Waals surface area contributed by atoms with Crippen LogP contribution in [0.2, 0.25) is 0 Å². The first-order valence-corrected chi connectivity index (χ1v) is 9.01. The normalized spacial score (nSPS) is 18.5. The summed E-state index contributed by atoms with van der Waals surface area (Å²) in [6, 6.07) is 4.98. The van der Waals surface area contributed by atoms with Crippen LogP contribution in [0.1, 0.15) is 35.6 Å². The van der Waals surface area contributed by atoms with Crippen LogP contribution in [0.5, 0.6) is 0 Å². The average molecular weight is 388 g/mol. The molecule has 4 heterocycles. The van der Waals surface area contributed by atoms with Crippen molar-refractivity contribution in [1.29, 1.82) is 0 Å². The van der Waals surface area contributed by atoms with Gasteiger partial charge in [0.2, 0.25) is 0 Å². The van der Waals surface area contributed by atoms with Crippen LogP contribution in [-0.2, 0) is 12.7 Å². The maximum atomic E-state index is 13.7. The second kappa shape index (κ2) is 7.31. The summed E-state index contributed by atoms with van der Waals surface area (Å²) in [6.45, 7) is 2.23. The van der Waals surface area contributed by atoms with Gasteiger partial charge >= 0.3 is 6.18 Å². The third kappa shape index (κ3) is 3.75. The maximum absolute atomic E-state index is 13.7. The molecule has 6 nitrogen and oxygen atoms in total. The summed E-state index contributed by atoms with van der Waals surface area (Å²) in [5.41, 5.74) is 6.32. The van der Waals surface area contributed by atoms with Gasteiger partial charge in [-0.1, -0.05) is 6.07 Å². The molecule has 3 aromatic heterocycles. The number of hydrogen-bond donors (Lipinski definition) is 1. The summed E-state index contributed by atoms with van der Waals surface area (Å²) in [5.74, 6) is -0.315. The topological polar surface area (TPSA) is 80.8 Å². The van der Waals surface area contributed by atoms with Crippen LogP contribution in [0, 0.1) is 0 Å². The van der Waals surface area contributed by atoms with E-state index in [2.05, 4.69) is 24.8 Å². The fraction of sp³-hybridized carbons (Fsp3) is 0.368. The Bertz CT molecular complexity index is 977. The van der Waals surface area contributed by atoms with E-state index in [0.717, 1.165) is 37.3 Å². The highest BCUT2D eigenvalue weighted by atomic mass is 19.4. The molecule has 1 atom stereocenters. The number of rotatable bonds is 3. The number of nitrogen functional groups attached to an aromatic ring is 1. The van der Waals surface area contributed by atoms with Gasteiger partial charge in [-0.2, -0.15) is 13.2 Å². The lowest BCUT2D eigenvalue weighted by Gasteiger charge is -2.32. The number of nitrogens with zero attached hydrogens (tertiary/aromatic N) is 5. The van der Waals surface area contributed by atoms with Gasteiger partial charge in [-0.25, -0.2) is 15.0 Å². The zero-order valence-electron chi connectivity index (χ0n) is 15.0. The van der Waals surface area contributed by atoms with E-state index in [1.54, 1.807) is 12.4 Å². The van der Waals surface area contributed by atoms with Crippen molar-refractivity contribution >= 4 is 16.9 Å². The minimum absolute atomic E-state index is 0.0123. The van der Waals surface area contributed by atoms with Crippen LogP contribution in [0.4, 0.5) is 19.0 Å². The fourth-order valence-corrected chi connectivity index (χ4v) is 3.73. The third-order valence-electron chi connectivity index (χ3n) is 5.01. The van der Waals surface area contributed by atoms with E-state index in [0.29, 0.717) is 18.8 Å². The van der Waals surface area contributed by atoms with Crippen LogP contribution in [-0.4, -0.2) is 37.9 Å². The zero-order valence-corrected chi connectivity index (χ0v) is 15.0. The van der Waals surface area contributed by atoms with Crippen molar-refractivity contribution in [2.24, 2.45) is 0 Å². The number of piperidine rings is 1. The van der Waals surface area contributed by atoms with Crippen molar-refractivity contribution in [2.45, 2.75) is 31.5 Å². The van der Waals surface area contributed by atoms with Gasteiger partial charge in [-0.3, -0.25) is 9.88 Å². The van der Waals surface area contributed by atoms with Crippen LogP contribution >= 0.6 is 0 Å². The first kappa shape index (κ1) is 18.5. The predicted molar refractivity (Wildman–Crippen MR) is 98.2 cm³/mol. The van der Waals surface area contributed by atoms with E-state index < -0.39 is 11.7 Å². The third-order valence-corrected chi connectivity index (χ3v) is 5.01. The van der Waals surface area contributed by atoms with Crippen molar-refractivity contribution in [3.8, 4) is 0 Å². The second-order valence-corrected chi connectivity index (χ2v) is 6.99. The molecule has 146 valence electrons. The van der Waals surface area contributed by atoms with Gasteiger partial charge in [-0.05, 0) is 37.1 Å². The lowest BCUT2D eigenvalue weighted by molar-refractivity contribution is -0.136. The Labute approximate surface area is 159 Å². The highest BCUT2D eigenvalue weighted by molar-refractivity contribution is 5.89. The second-order valence-electron chi connectivity index (χ2n) is 6.99. The van der Waals surface area contributed by atoms with Crippen LogP contribution < -0.4 is 5.73 Å². The molecule has 0 radical (unpaired) electrons. The number of likely N-dealkylation sites (tertiary alicyclic amines) is 1. The van der Waals surface area contributed by atoms with E-state index in [9.17, 15) is 13.2 Å². The predicted octanol–water partition coefficient (Wildman–Crippen LogP) is 3.40. The molecule has 0 unspecified atom stereocenters. The Balaban J connectivity index is 1.66. The first-order valence-electron chi connectivity index (χ1n) is 9.01. The van der Waals surface area contributed by atoms with E-state index in [1.807, 2.05) is 12.1 Å². The van der Waals surface area contributed by atoms with Gasteiger partial charge < -0.3 is 5.73 Å². The Hall–Kier alpha value is -2.81. The Morgan fingerprint density at radius 3 is 2.86 bits per heavy atom. The number of aromatic nitrogens is 4. The summed E-state index contributed by atoms with van der Waals surface area (Å²) < 4.78 is 41.0. The molecule has 0 aromatic carbocycles. The Morgan fingerprint density at radius 1 is 1.25 bits per heavy atom. The number of nitrogens with two attached hydrogens (primary N) is 1. The van der Waals surface area contributed by atoms with E-state index >= 15 is 0 Å². The number of alkyl halides is 3. The van der Waals surface area contributed by atoms with Crippen molar-refractivity contribution < 1.29 is 13.2 Å². The standard InChI is InChI=1S/C19H19F3N6/c20-19(21,22)14-7-15(27-18-16(14)17(23)25-11-26-18)13-4-2-6-28(10-13)9-12-3-1-5-24-8-12/h1,3,5,7-8,11,13H,2,4,6,9-10H2,(H2,23,25,26,27)/t13-/m1/s1. The van der Waals surface area contributed by atoms with Crippen LogP contribution in [0.15, 0.2) is 36.9 Å². The van der Waals surface area contributed by atoms with Gasteiger partial charge in [0, 0.05) is 37.1 Å². The van der Waals surface area contributed by atoms with E-state index in [4.69, 9.17) is 5.73 Å². The SMILES string of the molecule is Nc1ncnc2nc([C@@H]3CCCN(Cc4cccnc4)C3)cc(C(F)(F)F)c12. The Kier molecular flexibility index (Phi) is 4.84. The number of fused-ring (bicyclic) bond motifs is 1. The summed E-state index contributed by atoms with van der Waals surface area (Å²) in [5, 5.41) is -0.234. The van der Waals surface area contributed by atoms with Crippen LogP contribution in [0.3, 0.4) is 0 Å². The molecule has 1 aliphatic rings. The zero-order chi connectivity index (χ0) is 19.7. The fourth-order valence-electron chi connectivity index (χ4n) is 3.73. The highest BCUT2D eigenvalue weighted by Crippen LogP contribution is 2.38. The molecular weight excluding hydrogens is 369 g/mol. The van der Waals surface area contributed by atoms with Crippen molar-refractivity contribution in [3.63, 3.8) is 0 Å². The number of hydrogen-bond acceptors (Lipinski definition) is 6. The molecule has 0 saturated carbocycles. The molecule has 28 heavy (non-hydrogen) atoms. The monoisotopic (exact) mass is 388 g/mol. The number of halogens is 3. The molecule has 0 amide bonds. The molecule has 3 aromatic rings. The average Bonchev–Trinajstić information content (AvgIpc) is 2.68. The highest BCUT2D eigenvalue weighted by Gasteiger charge is 2.36. The molecule has 1 aliphatic heterocycles. The molecule has 2 N–H and O–H groups in total. The maximum Gasteiger partial charge on any atom is 0.417 e. The number of pyridine rings is 2. The summed E-state index contributed by atoms with van der Waals surface area (Å²) >= 11 is 0. The molecule has 0 aliphatic carbocycles. The summed E-state index contributed by atoms with van der Waals surface area (Å²) in [6.07, 6.45) is 1.77. The minimum Gasteiger partial charge on any atom is -0.383 e. The van der Waals surface area contributed by atoms with E-state index in [1.165, 1.54) is 0 Å². The number of anilines is 1. The van der Waals surface area contributed by atoms with Gasteiger partial charge in [-0.15, -0.1) is 0 Å². The molecular formula is C19H19F3N6. The molecule has 1 fully saturated rings. The molecule has 0 spiro atoms. The summed E-state index contributed by atoms with van der Waals surface area (Å²) in [7, 11) is 0. The van der Waals surface area contributed by atoms with Crippen LogP contribution in [0.25, 0.3) is 11.0 Å². The smallest absolute Gasteiger partial charge is 0.383 e. The largest absolute Gasteiger partial charge is 0.417 e. The minimum atomic E-state index is -4.56. The molecule has 1 saturated heterocycles. The van der Waals surface area contributed by atoms with Crippen molar-refractivity contribution in [1.82, 2.24) is 24.8 Å². The Morgan fingerprint density at radius 2 is 2.11 bits per heavy atom. The lowest BCUT2D eigenvalue weighted by Crippen LogP contribution is -2.34. The van der Waals surface area contributed by atoms with Gasteiger partial charge in [0.05, 0.1) is 10.9 Å². The van der Waals surface area contributed by atoms with Gasteiger partial charge in [0.1, 0.15) is 12.1 Å². The summed E-state index contributed by atoms with van der Waals surface area (Å²) in [4.78, 5) is 18.4. The van der Waals surface area contributed by atoms with Gasteiger partial charge in [0.15, 0.2) is 5.65 Å². The van der Waals surface area contributed by atoms with Crippen molar-refractivity contribution in [2.75, 3.05) is 18.8 Å². The first-order chi connectivity index (χ1) is 13.4. The van der Waals surface area contributed by atoms with Gasteiger partial charge in [0.25, 0.3) is 0 Å².